The lowest BCUT2D eigenvalue weighted by atomic mass is 9.93. The molecule has 0 amide bonds. The Morgan fingerprint density at radius 2 is 1.34 bits per heavy atom. The molecule has 188 valence electrons. The van der Waals surface area contributed by atoms with Crippen molar-refractivity contribution < 1.29 is 14.6 Å². The van der Waals surface area contributed by atoms with Gasteiger partial charge in [-0.1, -0.05) is 54.1 Å². The van der Waals surface area contributed by atoms with Crippen molar-refractivity contribution in [2.75, 3.05) is 4.90 Å². The number of nitrogens with zero attached hydrogens (tertiary/aromatic N) is 4. The number of aliphatic imine (C=N–C) groups is 1. The zero-order valence-electron chi connectivity index (χ0n) is 20.3. The van der Waals surface area contributed by atoms with E-state index < -0.39 is 22.2 Å². The lowest BCUT2D eigenvalue weighted by Gasteiger charge is -2.35. The molecule has 1 saturated heterocycles. The molecule has 0 radical (unpaired) electrons. The van der Waals surface area contributed by atoms with Crippen LogP contribution < -0.4 is 4.90 Å². The van der Waals surface area contributed by atoms with Gasteiger partial charge in [0.2, 0.25) is 0 Å². The molecule has 2 aliphatic rings. The number of nitro benzene ring substituents is 2. The van der Waals surface area contributed by atoms with Crippen molar-refractivity contribution in [3.05, 3.63) is 140 Å². The molecule has 0 spiro atoms. The van der Waals surface area contributed by atoms with Gasteiger partial charge in [-0.2, -0.15) is 0 Å². The Morgan fingerprint density at radius 3 is 1.95 bits per heavy atom. The van der Waals surface area contributed by atoms with Crippen molar-refractivity contribution in [1.29, 1.82) is 0 Å². The van der Waals surface area contributed by atoms with E-state index in [0.29, 0.717) is 0 Å². The van der Waals surface area contributed by atoms with Gasteiger partial charge in [0.05, 0.1) is 33.0 Å². The van der Waals surface area contributed by atoms with E-state index >= 15 is 0 Å². The quantitative estimate of drug-likeness (QED) is 0.223. The van der Waals surface area contributed by atoms with Gasteiger partial charge in [0.25, 0.3) is 11.4 Å². The molecule has 0 N–H and O–H groups in total. The molecule has 2 heterocycles. The summed E-state index contributed by atoms with van der Waals surface area (Å²) in [6, 6.07) is 28.3. The number of benzene rings is 4. The number of nitro groups is 2. The largest absolute Gasteiger partial charge is 0.342 e. The summed E-state index contributed by atoms with van der Waals surface area (Å²) in [5, 5.41) is 22.6. The van der Waals surface area contributed by atoms with Crippen molar-refractivity contribution in [2.24, 2.45) is 4.99 Å². The second-order valence-electron chi connectivity index (χ2n) is 9.31. The fourth-order valence-corrected chi connectivity index (χ4v) is 5.11. The van der Waals surface area contributed by atoms with Crippen molar-refractivity contribution >= 4 is 28.5 Å². The standard InChI is InChI=1S/C29H22N4O5/c1-18-6-8-19(9-7-18)26-29-31(25-5-3-2-4-24(25)30-26)27(20-10-14-22(15-11-20)32(34)35)28(38-29)21-12-16-23(17-13-21)33(36)37/h2-17,27-29H,1H3/t27-,28-,29+/m0/s1. The summed E-state index contributed by atoms with van der Waals surface area (Å²) in [4.78, 5) is 28.9. The summed E-state index contributed by atoms with van der Waals surface area (Å²) in [5.41, 5.74) is 6.03. The van der Waals surface area contributed by atoms with Gasteiger partial charge in [-0.25, -0.2) is 4.99 Å². The van der Waals surface area contributed by atoms with Crippen LogP contribution in [-0.4, -0.2) is 21.8 Å². The van der Waals surface area contributed by atoms with Crippen molar-refractivity contribution in [1.82, 2.24) is 0 Å². The molecule has 9 heteroatoms. The second kappa shape index (κ2) is 9.20. The Bertz CT molecular complexity index is 1570. The van der Waals surface area contributed by atoms with Crippen LogP contribution in [0.2, 0.25) is 0 Å². The highest BCUT2D eigenvalue weighted by Gasteiger charge is 2.48. The highest BCUT2D eigenvalue weighted by Crippen LogP contribution is 2.52. The smallest absolute Gasteiger partial charge is 0.269 e. The Balaban J connectivity index is 1.52. The van der Waals surface area contributed by atoms with Gasteiger partial charge in [-0.05, 0) is 42.3 Å². The molecule has 38 heavy (non-hydrogen) atoms. The highest BCUT2D eigenvalue weighted by molar-refractivity contribution is 6.09. The Morgan fingerprint density at radius 1 is 0.763 bits per heavy atom. The fourth-order valence-electron chi connectivity index (χ4n) is 5.11. The monoisotopic (exact) mass is 506 g/mol. The van der Waals surface area contributed by atoms with Crippen LogP contribution in [0.3, 0.4) is 0 Å². The number of ether oxygens (including phenoxy) is 1. The molecular weight excluding hydrogens is 484 g/mol. The summed E-state index contributed by atoms with van der Waals surface area (Å²) in [6.07, 6.45) is -1.07. The number of hydrogen-bond acceptors (Lipinski definition) is 7. The molecule has 9 nitrogen and oxygen atoms in total. The van der Waals surface area contributed by atoms with E-state index in [0.717, 1.165) is 39.3 Å². The maximum atomic E-state index is 11.3. The third kappa shape index (κ3) is 3.99. The van der Waals surface area contributed by atoms with Gasteiger partial charge in [0, 0.05) is 29.8 Å². The van der Waals surface area contributed by atoms with Gasteiger partial charge in [0.1, 0.15) is 6.10 Å². The summed E-state index contributed by atoms with van der Waals surface area (Å²) in [5.74, 6) is 0. The van der Waals surface area contributed by atoms with E-state index in [4.69, 9.17) is 9.73 Å². The molecule has 6 rings (SSSR count). The SMILES string of the molecule is Cc1ccc(C2=Nc3ccccc3N3[C@@H]2O[C@@H](c2ccc([N+](=O)[O-])cc2)[C@@H]3c2ccc([N+](=O)[O-])cc2)cc1. The molecular formula is C29H22N4O5. The molecule has 0 aliphatic carbocycles. The van der Waals surface area contributed by atoms with Crippen LogP contribution in [0.4, 0.5) is 22.7 Å². The first-order valence-corrected chi connectivity index (χ1v) is 12.1. The minimum atomic E-state index is -0.548. The van der Waals surface area contributed by atoms with Crippen LogP contribution in [0.15, 0.2) is 102 Å². The molecule has 0 saturated carbocycles. The first-order chi connectivity index (χ1) is 18.4. The maximum absolute atomic E-state index is 11.3. The minimum absolute atomic E-state index is 0.00273. The van der Waals surface area contributed by atoms with Crippen LogP contribution in [0, 0.1) is 27.2 Å². The van der Waals surface area contributed by atoms with Crippen molar-refractivity contribution in [3.8, 4) is 0 Å². The van der Waals surface area contributed by atoms with Crippen LogP contribution in [0.1, 0.15) is 34.4 Å². The predicted molar refractivity (Wildman–Crippen MR) is 143 cm³/mol. The average molecular weight is 507 g/mol. The Kier molecular flexibility index (Phi) is 5.69. The highest BCUT2D eigenvalue weighted by atomic mass is 16.6. The molecule has 3 atom stereocenters. The Labute approximate surface area is 217 Å². The van der Waals surface area contributed by atoms with E-state index in [-0.39, 0.29) is 17.4 Å². The molecule has 0 aromatic heterocycles. The number of aryl methyl sites for hydroxylation is 1. The van der Waals surface area contributed by atoms with Gasteiger partial charge >= 0.3 is 0 Å². The minimum Gasteiger partial charge on any atom is -0.342 e. The van der Waals surface area contributed by atoms with Gasteiger partial charge in [0.15, 0.2) is 6.23 Å². The van der Waals surface area contributed by atoms with E-state index in [1.807, 2.05) is 55.5 Å². The average Bonchev–Trinajstić information content (AvgIpc) is 3.34. The molecule has 0 bridgehead atoms. The second-order valence-corrected chi connectivity index (χ2v) is 9.31. The predicted octanol–water partition coefficient (Wildman–Crippen LogP) is 6.59. The first kappa shape index (κ1) is 23.5. The topological polar surface area (TPSA) is 111 Å². The third-order valence-electron chi connectivity index (χ3n) is 6.97. The van der Waals surface area contributed by atoms with Gasteiger partial charge < -0.3 is 9.64 Å². The number of fused-ring (bicyclic) bond motifs is 3. The Hall–Kier alpha value is -4.89. The number of para-hydroxylation sites is 2. The van der Waals surface area contributed by atoms with Crippen molar-refractivity contribution in [3.63, 3.8) is 0 Å². The lowest BCUT2D eigenvalue weighted by Crippen LogP contribution is -2.41. The normalized spacial score (nSPS) is 19.9. The van der Waals surface area contributed by atoms with Crippen LogP contribution in [0.5, 0.6) is 0 Å². The van der Waals surface area contributed by atoms with E-state index in [1.54, 1.807) is 24.3 Å². The molecule has 0 unspecified atom stereocenters. The maximum Gasteiger partial charge on any atom is 0.269 e. The zero-order chi connectivity index (χ0) is 26.4. The van der Waals surface area contributed by atoms with E-state index in [1.165, 1.54) is 24.3 Å². The lowest BCUT2D eigenvalue weighted by molar-refractivity contribution is -0.385. The number of rotatable bonds is 5. The van der Waals surface area contributed by atoms with E-state index in [9.17, 15) is 20.2 Å². The van der Waals surface area contributed by atoms with Crippen LogP contribution in [0.25, 0.3) is 0 Å². The fraction of sp³-hybridized carbons (Fsp3) is 0.138. The first-order valence-electron chi connectivity index (χ1n) is 12.1. The molecule has 4 aromatic carbocycles. The van der Waals surface area contributed by atoms with Crippen molar-refractivity contribution in [2.45, 2.75) is 25.3 Å². The molecule has 2 aliphatic heterocycles. The van der Waals surface area contributed by atoms with Gasteiger partial charge in [-0.3, -0.25) is 20.2 Å². The zero-order valence-corrected chi connectivity index (χ0v) is 20.3. The number of hydrogen-bond donors (Lipinski definition) is 0. The number of non-ortho nitro benzene ring substituents is 2. The summed E-state index contributed by atoms with van der Waals surface area (Å²) < 4.78 is 6.74. The van der Waals surface area contributed by atoms with Gasteiger partial charge in [-0.15, -0.1) is 0 Å². The number of anilines is 1. The van der Waals surface area contributed by atoms with E-state index in [2.05, 4.69) is 4.90 Å². The molecule has 1 fully saturated rings. The summed E-state index contributed by atoms with van der Waals surface area (Å²) in [6.45, 7) is 2.02. The van der Waals surface area contributed by atoms with Crippen LogP contribution in [-0.2, 0) is 4.74 Å². The third-order valence-corrected chi connectivity index (χ3v) is 6.97. The summed E-state index contributed by atoms with van der Waals surface area (Å²) >= 11 is 0. The summed E-state index contributed by atoms with van der Waals surface area (Å²) in [7, 11) is 0. The van der Waals surface area contributed by atoms with Crippen LogP contribution >= 0.6 is 0 Å². The molecule has 4 aromatic rings.